The van der Waals surface area contributed by atoms with E-state index in [1.807, 2.05) is 0 Å². The third-order valence-electron chi connectivity index (χ3n) is 3.17. The first-order valence-corrected chi connectivity index (χ1v) is 8.52. The summed E-state index contributed by atoms with van der Waals surface area (Å²) in [6.45, 7) is 0. The summed E-state index contributed by atoms with van der Waals surface area (Å²) in [5.74, 6) is -0.737. The second-order valence-electron chi connectivity index (χ2n) is 5.06. The van der Waals surface area contributed by atoms with Gasteiger partial charge in [0.1, 0.15) is 0 Å². The number of nitrogens with one attached hydrogen (secondary N) is 2. The number of rotatable bonds is 5. The number of carbonyl (C=O) groups excluding carboxylic acids is 1. The van der Waals surface area contributed by atoms with Gasteiger partial charge in [0.2, 0.25) is 0 Å². The monoisotopic (exact) mass is 386 g/mol. The molecule has 0 bridgehead atoms. The van der Waals surface area contributed by atoms with Crippen LogP contribution >= 0.6 is 0 Å². The van der Waals surface area contributed by atoms with Crippen molar-refractivity contribution in [1.82, 2.24) is 5.48 Å². The Kier molecular flexibility index (Phi) is 5.68. The van der Waals surface area contributed by atoms with Crippen molar-refractivity contribution in [2.45, 2.75) is 11.1 Å². The normalized spacial score (nSPS) is 12.2. The van der Waals surface area contributed by atoms with Gasteiger partial charge in [-0.05, 0) is 42.0 Å². The van der Waals surface area contributed by atoms with Crippen LogP contribution in [0, 0.1) is 0 Å². The second-order valence-corrected chi connectivity index (χ2v) is 6.74. The Bertz CT molecular complexity index is 923. The van der Waals surface area contributed by atoms with Crippen LogP contribution in [0.25, 0.3) is 6.08 Å². The molecular formula is C16H13F3N2O4S. The van der Waals surface area contributed by atoms with Gasteiger partial charge in [-0.2, -0.15) is 13.2 Å². The maximum absolute atomic E-state index is 12.7. The lowest BCUT2D eigenvalue weighted by Gasteiger charge is -2.11. The van der Waals surface area contributed by atoms with Crippen LogP contribution in [0.5, 0.6) is 0 Å². The first-order valence-electron chi connectivity index (χ1n) is 7.04. The number of alkyl halides is 3. The van der Waals surface area contributed by atoms with Crippen LogP contribution in [0.4, 0.5) is 18.9 Å². The van der Waals surface area contributed by atoms with Crippen molar-refractivity contribution in [2.75, 3.05) is 4.72 Å². The van der Waals surface area contributed by atoms with Gasteiger partial charge < -0.3 is 0 Å². The first kappa shape index (κ1) is 19.5. The van der Waals surface area contributed by atoms with Gasteiger partial charge in [0.15, 0.2) is 0 Å². The summed E-state index contributed by atoms with van der Waals surface area (Å²) in [6, 6.07) is 9.11. The smallest absolute Gasteiger partial charge is 0.288 e. The van der Waals surface area contributed by atoms with Crippen molar-refractivity contribution in [3.05, 3.63) is 65.7 Å². The van der Waals surface area contributed by atoms with Crippen LogP contribution in [0.1, 0.15) is 11.1 Å². The molecule has 0 heterocycles. The summed E-state index contributed by atoms with van der Waals surface area (Å²) in [5, 5.41) is 8.36. The number of hydroxylamine groups is 1. The van der Waals surface area contributed by atoms with E-state index in [9.17, 15) is 26.4 Å². The van der Waals surface area contributed by atoms with E-state index in [2.05, 4.69) is 4.72 Å². The molecule has 0 aliphatic carbocycles. The highest BCUT2D eigenvalue weighted by atomic mass is 32.2. The van der Waals surface area contributed by atoms with E-state index < -0.39 is 32.6 Å². The quantitative estimate of drug-likeness (QED) is 0.418. The molecule has 3 N–H and O–H groups in total. The number of hydrogen-bond donors (Lipinski definition) is 3. The van der Waals surface area contributed by atoms with Gasteiger partial charge >= 0.3 is 6.18 Å². The van der Waals surface area contributed by atoms with E-state index in [4.69, 9.17) is 5.21 Å². The Morgan fingerprint density at radius 2 is 1.73 bits per heavy atom. The molecule has 138 valence electrons. The van der Waals surface area contributed by atoms with Crippen molar-refractivity contribution >= 4 is 27.7 Å². The zero-order chi connectivity index (χ0) is 19.4. The maximum atomic E-state index is 12.7. The average molecular weight is 386 g/mol. The van der Waals surface area contributed by atoms with Crippen LogP contribution in [0.2, 0.25) is 0 Å². The van der Waals surface area contributed by atoms with E-state index in [0.29, 0.717) is 11.6 Å². The molecule has 0 aliphatic heterocycles. The zero-order valence-corrected chi connectivity index (χ0v) is 13.8. The molecule has 0 spiro atoms. The zero-order valence-electron chi connectivity index (χ0n) is 13.0. The molecule has 0 radical (unpaired) electrons. The molecule has 2 aromatic carbocycles. The van der Waals surface area contributed by atoms with Gasteiger partial charge in [-0.1, -0.05) is 18.2 Å². The number of halogens is 3. The van der Waals surface area contributed by atoms with E-state index in [-0.39, 0.29) is 5.69 Å². The van der Waals surface area contributed by atoms with Crippen molar-refractivity contribution in [3.8, 4) is 0 Å². The van der Waals surface area contributed by atoms with Gasteiger partial charge in [0, 0.05) is 11.8 Å². The molecule has 2 rings (SSSR count). The van der Waals surface area contributed by atoms with Crippen molar-refractivity contribution in [2.24, 2.45) is 0 Å². The first-order chi connectivity index (χ1) is 12.1. The molecule has 0 saturated heterocycles. The van der Waals surface area contributed by atoms with Crippen LogP contribution in [-0.4, -0.2) is 19.5 Å². The van der Waals surface area contributed by atoms with Gasteiger partial charge in [-0.3, -0.25) is 14.7 Å². The molecule has 0 aromatic heterocycles. The fourth-order valence-electron chi connectivity index (χ4n) is 1.93. The Labute approximate surface area is 147 Å². The third kappa shape index (κ3) is 5.07. The lowest BCUT2D eigenvalue weighted by Crippen LogP contribution is -2.15. The topological polar surface area (TPSA) is 95.5 Å². The Hall–Kier alpha value is -2.85. The highest BCUT2D eigenvalue weighted by molar-refractivity contribution is 7.92. The lowest BCUT2D eigenvalue weighted by molar-refractivity contribution is -0.137. The summed E-state index contributed by atoms with van der Waals surface area (Å²) in [6.07, 6.45) is -2.22. The average Bonchev–Trinajstić information content (AvgIpc) is 2.60. The number of anilines is 1. The molecular weight excluding hydrogens is 373 g/mol. The molecule has 10 heteroatoms. The third-order valence-corrected chi connectivity index (χ3v) is 4.55. The SMILES string of the molecule is O=C(/C=C/c1ccc(NS(=O)(=O)c2cccc(C(F)(F)F)c2)cc1)NO. The van der Waals surface area contributed by atoms with Crippen LogP contribution < -0.4 is 10.2 Å². The fourth-order valence-corrected chi connectivity index (χ4v) is 3.03. The molecule has 6 nitrogen and oxygen atoms in total. The Morgan fingerprint density at radius 1 is 1.08 bits per heavy atom. The van der Waals surface area contributed by atoms with E-state index >= 15 is 0 Å². The molecule has 0 unspecified atom stereocenters. The highest BCUT2D eigenvalue weighted by Crippen LogP contribution is 2.30. The fraction of sp³-hybridized carbons (Fsp3) is 0.0625. The highest BCUT2D eigenvalue weighted by Gasteiger charge is 2.31. The minimum Gasteiger partial charge on any atom is -0.288 e. The lowest BCUT2D eigenvalue weighted by atomic mass is 10.2. The molecule has 0 aliphatic rings. The summed E-state index contributed by atoms with van der Waals surface area (Å²) in [5.41, 5.74) is 1.02. The van der Waals surface area contributed by atoms with Crippen molar-refractivity contribution in [3.63, 3.8) is 0 Å². The number of sulfonamides is 1. The van der Waals surface area contributed by atoms with Gasteiger partial charge in [-0.25, -0.2) is 13.9 Å². The van der Waals surface area contributed by atoms with Crippen molar-refractivity contribution < 1.29 is 31.6 Å². The van der Waals surface area contributed by atoms with E-state index in [1.54, 1.807) is 0 Å². The Balaban J connectivity index is 2.19. The van der Waals surface area contributed by atoms with Crippen LogP contribution in [-0.2, 0) is 21.0 Å². The molecule has 26 heavy (non-hydrogen) atoms. The second kappa shape index (κ2) is 7.58. The largest absolute Gasteiger partial charge is 0.416 e. The van der Waals surface area contributed by atoms with E-state index in [1.165, 1.54) is 35.8 Å². The number of hydrogen-bond acceptors (Lipinski definition) is 4. The summed E-state index contributed by atoms with van der Waals surface area (Å²) in [4.78, 5) is 10.4. The summed E-state index contributed by atoms with van der Waals surface area (Å²) in [7, 11) is -4.20. The Morgan fingerprint density at radius 3 is 2.31 bits per heavy atom. The predicted octanol–water partition coefficient (Wildman–Crippen LogP) is 3.02. The standard InChI is InChI=1S/C16H13F3N2O4S/c17-16(18,19)12-2-1-3-14(10-12)26(24,25)21-13-7-4-11(5-8-13)6-9-15(22)20-23/h1-10,21,23H,(H,20,22)/b9-6+. The van der Waals surface area contributed by atoms with Crippen molar-refractivity contribution in [1.29, 1.82) is 0 Å². The number of carbonyl (C=O) groups is 1. The summed E-state index contributed by atoms with van der Waals surface area (Å²) < 4.78 is 64.8. The molecule has 0 saturated carbocycles. The molecule has 0 atom stereocenters. The molecule has 1 amide bonds. The van der Waals surface area contributed by atoms with Gasteiger partial charge in [0.25, 0.3) is 15.9 Å². The number of benzene rings is 2. The predicted molar refractivity (Wildman–Crippen MR) is 87.7 cm³/mol. The minimum absolute atomic E-state index is 0.131. The van der Waals surface area contributed by atoms with E-state index in [0.717, 1.165) is 24.3 Å². The molecule has 0 fully saturated rings. The van der Waals surface area contributed by atoms with Gasteiger partial charge in [-0.15, -0.1) is 0 Å². The maximum Gasteiger partial charge on any atom is 0.416 e. The van der Waals surface area contributed by atoms with Gasteiger partial charge in [0.05, 0.1) is 10.5 Å². The molecule has 2 aromatic rings. The van der Waals surface area contributed by atoms with Crippen LogP contribution in [0.3, 0.4) is 0 Å². The number of amides is 1. The minimum atomic E-state index is -4.65. The summed E-state index contributed by atoms with van der Waals surface area (Å²) >= 11 is 0. The van der Waals surface area contributed by atoms with Crippen LogP contribution in [0.15, 0.2) is 59.5 Å².